The Morgan fingerprint density at radius 1 is 1.00 bits per heavy atom. The van der Waals surface area contributed by atoms with Crippen molar-refractivity contribution in [3.8, 4) is 0 Å². The van der Waals surface area contributed by atoms with Crippen LogP contribution in [0.15, 0.2) is 64.6 Å². The maximum atomic E-state index is 12.8. The Hall–Kier alpha value is -2.75. The first-order chi connectivity index (χ1) is 10.3. The van der Waals surface area contributed by atoms with Crippen molar-refractivity contribution < 1.29 is 4.79 Å². The number of nitrogens with zero attached hydrogens (tertiary/aromatic N) is 3. The number of hydrogen-bond donors (Lipinski definition) is 0. The van der Waals surface area contributed by atoms with Gasteiger partial charge in [0.15, 0.2) is 6.04 Å². The van der Waals surface area contributed by atoms with Crippen LogP contribution >= 0.6 is 0 Å². The van der Waals surface area contributed by atoms with Crippen LogP contribution in [-0.4, -0.2) is 24.5 Å². The highest BCUT2D eigenvalue weighted by Gasteiger charge is 2.37. The first kappa shape index (κ1) is 12.0. The summed E-state index contributed by atoms with van der Waals surface area (Å²) in [5.74, 6) is 0.712. The number of aliphatic imine (C=N–C) groups is 2. The van der Waals surface area contributed by atoms with E-state index in [1.165, 1.54) is 0 Å². The molecule has 2 aliphatic heterocycles. The average molecular weight is 275 g/mol. The number of hydrogen-bond acceptors (Lipinski definition) is 3. The van der Waals surface area contributed by atoms with Crippen molar-refractivity contribution in [2.24, 2.45) is 9.98 Å². The second-order valence-electron chi connectivity index (χ2n) is 5.06. The Morgan fingerprint density at radius 2 is 1.76 bits per heavy atom. The van der Waals surface area contributed by atoms with Crippen molar-refractivity contribution in [1.29, 1.82) is 0 Å². The summed E-state index contributed by atoms with van der Waals surface area (Å²) in [5.41, 5.74) is 2.73. The Labute approximate surface area is 122 Å². The summed E-state index contributed by atoms with van der Waals surface area (Å²) < 4.78 is 0. The van der Waals surface area contributed by atoms with Crippen LogP contribution in [0.5, 0.6) is 0 Å². The number of amidine groups is 1. The highest BCUT2D eigenvalue weighted by Crippen LogP contribution is 2.32. The molecule has 102 valence electrons. The number of rotatable bonds is 1. The van der Waals surface area contributed by atoms with E-state index in [4.69, 9.17) is 0 Å². The molecule has 4 rings (SSSR count). The van der Waals surface area contributed by atoms with Gasteiger partial charge in [-0.25, -0.2) is 0 Å². The molecule has 0 aliphatic carbocycles. The molecule has 0 spiro atoms. The van der Waals surface area contributed by atoms with Gasteiger partial charge < -0.3 is 0 Å². The summed E-state index contributed by atoms with van der Waals surface area (Å²) in [5, 5.41) is 0. The minimum Gasteiger partial charge on any atom is -0.284 e. The van der Waals surface area contributed by atoms with Crippen molar-refractivity contribution in [2.75, 3.05) is 11.4 Å². The number of benzene rings is 2. The Kier molecular flexibility index (Phi) is 2.67. The topological polar surface area (TPSA) is 45.0 Å². The van der Waals surface area contributed by atoms with Crippen LogP contribution in [0.1, 0.15) is 17.2 Å². The fraction of sp³-hybridized carbons (Fsp3) is 0.118. The van der Waals surface area contributed by atoms with Gasteiger partial charge in [0.2, 0.25) is 0 Å². The molecule has 4 nitrogen and oxygen atoms in total. The molecule has 2 aromatic carbocycles. The summed E-state index contributed by atoms with van der Waals surface area (Å²) in [6.45, 7) is 0.434. The van der Waals surface area contributed by atoms with Crippen molar-refractivity contribution in [3.63, 3.8) is 0 Å². The van der Waals surface area contributed by atoms with Gasteiger partial charge in [-0.3, -0.25) is 19.7 Å². The lowest BCUT2D eigenvalue weighted by molar-refractivity contribution is -0.118. The molecule has 0 saturated heterocycles. The normalized spacial score (nSPS) is 19.8. The first-order valence-corrected chi connectivity index (χ1v) is 6.89. The van der Waals surface area contributed by atoms with Gasteiger partial charge >= 0.3 is 0 Å². The smallest absolute Gasteiger partial charge is 0.262 e. The standard InChI is InChI=1S/C17H13N3O/c21-17-16(12-6-2-1-3-7-12)19-15-11-18-10-13-8-4-5-9-14(13)20(15)17/h1-10,16H,11H2. The fourth-order valence-corrected chi connectivity index (χ4v) is 2.76. The molecule has 21 heavy (non-hydrogen) atoms. The molecule has 1 amide bonds. The third-order valence-electron chi connectivity index (χ3n) is 3.75. The fourth-order valence-electron chi connectivity index (χ4n) is 2.76. The Bertz CT molecular complexity index is 765. The van der Waals surface area contributed by atoms with Crippen LogP contribution in [0.3, 0.4) is 0 Å². The van der Waals surface area contributed by atoms with Crippen LogP contribution in [0.2, 0.25) is 0 Å². The molecule has 0 aromatic heterocycles. The first-order valence-electron chi connectivity index (χ1n) is 6.89. The van der Waals surface area contributed by atoms with Gasteiger partial charge in [0, 0.05) is 11.8 Å². The molecule has 1 atom stereocenters. The lowest BCUT2D eigenvalue weighted by Crippen LogP contribution is -2.34. The molecule has 2 aromatic rings. The van der Waals surface area contributed by atoms with E-state index in [1.807, 2.05) is 54.6 Å². The molecular formula is C17H13N3O. The lowest BCUT2D eigenvalue weighted by Gasteiger charge is -2.18. The quantitative estimate of drug-likeness (QED) is 0.789. The zero-order chi connectivity index (χ0) is 14.2. The monoisotopic (exact) mass is 275 g/mol. The zero-order valence-electron chi connectivity index (χ0n) is 11.3. The maximum absolute atomic E-state index is 12.8. The summed E-state index contributed by atoms with van der Waals surface area (Å²) in [7, 11) is 0. The van der Waals surface area contributed by atoms with Gasteiger partial charge in [-0.15, -0.1) is 0 Å². The average Bonchev–Trinajstić information content (AvgIpc) is 2.75. The SMILES string of the molecule is O=C1C(c2ccccc2)N=C2CN=Cc3ccccc3N12. The number of para-hydroxylation sites is 1. The van der Waals surface area contributed by atoms with E-state index in [0.29, 0.717) is 6.54 Å². The molecule has 0 N–H and O–H groups in total. The Morgan fingerprint density at radius 3 is 2.62 bits per heavy atom. The number of carbonyl (C=O) groups excluding carboxylic acids is 1. The molecule has 0 fully saturated rings. The second kappa shape index (κ2) is 4.66. The molecule has 0 radical (unpaired) electrons. The minimum absolute atomic E-state index is 0.00542. The molecule has 0 saturated carbocycles. The highest BCUT2D eigenvalue weighted by atomic mass is 16.2. The van der Waals surface area contributed by atoms with E-state index >= 15 is 0 Å². The lowest BCUT2D eigenvalue weighted by atomic mass is 10.1. The summed E-state index contributed by atoms with van der Waals surface area (Å²) in [6, 6.07) is 17.0. The van der Waals surface area contributed by atoms with Gasteiger partial charge in [0.25, 0.3) is 5.91 Å². The van der Waals surface area contributed by atoms with Crippen LogP contribution in [0.25, 0.3) is 0 Å². The summed E-state index contributed by atoms with van der Waals surface area (Å²) in [6.07, 6.45) is 1.81. The van der Waals surface area contributed by atoms with Crippen LogP contribution in [0, 0.1) is 0 Å². The van der Waals surface area contributed by atoms with Gasteiger partial charge in [-0.1, -0.05) is 48.5 Å². The van der Waals surface area contributed by atoms with Gasteiger partial charge in [-0.2, -0.15) is 0 Å². The van der Waals surface area contributed by atoms with E-state index in [1.54, 1.807) is 11.1 Å². The van der Waals surface area contributed by atoms with Crippen LogP contribution < -0.4 is 4.90 Å². The summed E-state index contributed by atoms with van der Waals surface area (Å²) >= 11 is 0. The predicted molar refractivity (Wildman–Crippen MR) is 83.0 cm³/mol. The minimum atomic E-state index is -0.456. The highest BCUT2D eigenvalue weighted by molar-refractivity contribution is 6.25. The third kappa shape index (κ3) is 1.88. The van der Waals surface area contributed by atoms with Crippen molar-refractivity contribution in [2.45, 2.75) is 6.04 Å². The van der Waals surface area contributed by atoms with Gasteiger partial charge in [-0.05, 0) is 11.6 Å². The molecule has 2 heterocycles. The molecular weight excluding hydrogens is 262 g/mol. The second-order valence-corrected chi connectivity index (χ2v) is 5.06. The number of anilines is 1. The van der Waals surface area contributed by atoms with Gasteiger partial charge in [0.05, 0.1) is 12.2 Å². The summed E-state index contributed by atoms with van der Waals surface area (Å²) in [4.78, 5) is 23.5. The molecule has 0 bridgehead atoms. The van der Waals surface area contributed by atoms with Crippen molar-refractivity contribution >= 4 is 23.6 Å². The zero-order valence-corrected chi connectivity index (χ0v) is 11.3. The maximum Gasteiger partial charge on any atom is 0.262 e. The van der Waals surface area contributed by atoms with Crippen molar-refractivity contribution in [1.82, 2.24) is 0 Å². The van der Waals surface area contributed by atoms with E-state index in [9.17, 15) is 4.79 Å². The van der Waals surface area contributed by atoms with Gasteiger partial charge in [0.1, 0.15) is 5.84 Å². The van der Waals surface area contributed by atoms with E-state index in [0.717, 1.165) is 22.6 Å². The molecule has 2 aliphatic rings. The van der Waals surface area contributed by atoms with Crippen molar-refractivity contribution in [3.05, 3.63) is 65.7 Å². The number of amides is 1. The third-order valence-corrected chi connectivity index (χ3v) is 3.75. The number of fused-ring (bicyclic) bond motifs is 3. The van der Waals surface area contributed by atoms with Crippen LogP contribution in [-0.2, 0) is 4.79 Å². The predicted octanol–water partition coefficient (Wildman–Crippen LogP) is 2.61. The van der Waals surface area contributed by atoms with E-state index < -0.39 is 6.04 Å². The largest absolute Gasteiger partial charge is 0.284 e. The Balaban J connectivity index is 1.82. The van der Waals surface area contributed by atoms with Crippen LogP contribution in [0.4, 0.5) is 5.69 Å². The van der Waals surface area contributed by atoms with E-state index in [2.05, 4.69) is 9.98 Å². The van der Waals surface area contributed by atoms with E-state index in [-0.39, 0.29) is 5.91 Å². The molecule has 1 unspecified atom stereocenters. The number of carbonyl (C=O) groups is 1. The molecule has 4 heteroatoms.